The maximum atomic E-state index is 6.05. The van der Waals surface area contributed by atoms with Gasteiger partial charge in [-0.1, -0.05) is 17.7 Å². The van der Waals surface area contributed by atoms with Crippen LogP contribution in [0.3, 0.4) is 0 Å². The highest BCUT2D eigenvalue weighted by atomic mass is 16.5. The molecule has 2 atom stereocenters. The second-order valence-electron chi connectivity index (χ2n) is 5.69. The van der Waals surface area contributed by atoms with Crippen LogP contribution in [0.25, 0.3) is 0 Å². The predicted molar refractivity (Wildman–Crippen MR) is 81.0 cm³/mol. The molecule has 1 fully saturated rings. The number of nitrogens with zero attached hydrogens (tertiary/aromatic N) is 1. The van der Waals surface area contributed by atoms with Crippen molar-refractivity contribution in [3.8, 4) is 0 Å². The zero-order chi connectivity index (χ0) is 13.8. The maximum Gasteiger partial charge on any atom is 0.0755 e. The van der Waals surface area contributed by atoms with Gasteiger partial charge in [-0.15, -0.1) is 0 Å². The molecular weight excluding hydrogens is 236 g/mol. The summed E-state index contributed by atoms with van der Waals surface area (Å²) in [6.07, 6.45) is 3.10. The average Bonchev–Trinajstić information content (AvgIpc) is 2.76. The number of ether oxygens (including phenoxy) is 1. The summed E-state index contributed by atoms with van der Waals surface area (Å²) in [5.41, 5.74) is 3.97. The van der Waals surface area contributed by atoms with Crippen LogP contribution in [0.4, 0.5) is 5.69 Å². The van der Waals surface area contributed by atoms with Crippen LogP contribution in [0.5, 0.6) is 0 Å². The second-order valence-corrected chi connectivity index (χ2v) is 5.69. The number of aryl methyl sites for hydroxylation is 2. The zero-order valence-electron chi connectivity index (χ0n) is 12.6. The number of likely N-dealkylation sites (N-methyl/N-ethyl adjacent to an activating group) is 2. The van der Waals surface area contributed by atoms with E-state index in [4.69, 9.17) is 4.74 Å². The molecule has 2 rings (SSSR count). The van der Waals surface area contributed by atoms with E-state index < -0.39 is 0 Å². The molecule has 0 aromatic heterocycles. The molecule has 1 heterocycles. The van der Waals surface area contributed by atoms with Gasteiger partial charge in [0.05, 0.1) is 12.2 Å². The maximum absolute atomic E-state index is 6.05. The Bertz CT molecular complexity index is 419. The van der Waals surface area contributed by atoms with Crippen LogP contribution < -0.4 is 10.2 Å². The van der Waals surface area contributed by atoms with Gasteiger partial charge in [0, 0.05) is 25.8 Å². The second kappa shape index (κ2) is 6.40. The first kappa shape index (κ1) is 14.4. The van der Waals surface area contributed by atoms with Gasteiger partial charge < -0.3 is 15.0 Å². The van der Waals surface area contributed by atoms with Crippen molar-refractivity contribution >= 4 is 5.69 Å². The minimum absolute atomic E-state index is 0.365. The lowest BCUT2D eigenvalue weighted by molar-refractivity contribution is 0.0510. The number of anilines is 1. The summed E-state index contributed by atoms with van der Waals surface area (Å²) < 4.78 is 6.05. The third kappa shape index (κ3) is 3.71. The van der Waals surface area contributed by atoms with Crippen molar-refractivity contribution in [3.63, 3.8) is 0 Å². The van der Waals surface area contributed by atoms with E-state index >= 15 is 0 Å². The quantitative estimate of drug-likeness (QED) is 0.882. The van der Waals surface area contributed by atoms with Crippen LogP contribution in [-0.4, -0.2) is 39.4 Å². The molecule has 1 aromatic rings. The number of benzene rings is 1. The summed E-state index contributed by atoms with van der Waals surface area (Å²) in [5, 5.41) is 3.19. The molecule has 0 radical (unpaired) electrons. The van der Waals surface area contributed by atoms with E-state index in [-0.39, 0.29) is 0 Å². The Balaban J connectivity index is 1.92. The van der Waals surface area contributed by atoms with E-state index in [0.717, 1.165) is 13.1 Å². The lowest BCUT2D eigenvalue weighted by Gasteiger charge is -2.25. The summed E-state index contributed by atoms with van der Waals surface area (Å²) >= 11 is 0. The SMILES string of the molecule is CNCC1CCC(CN(C)c2ccc(C)cc2C)O1. The first-order valence-corrected chi connectivity index (χ1v) is 7.18. The summed E-state index contributed by atoms with van der Waals surface area (Å²) in [6, 6.07) is 6.63. The Morgan fingerprint density at radius 2 is 2.00 bits per heavy atom. The highest BCUT2D eigenvalue weighted by molar-refractivity contribution is 5.53. The minimum Gasteiger partial charge on any atom is -0.372 e. The van der Waals surface area contributed by atoms with Crippen LogP contribution in [0, 0.1) is 13.8 Å². The molecule has 0 spiro atoms. The molecule has 1 aliphatic heterocycles. The van der Waals surface area contributed by atoms with Crippen LogP contribution in [0.15, 0.2) is 18.2 Å². The molecule has 3 heteroatoms. The Morgan fingerprint density at radius 1 is 1.26 bits per heavy atom. The summed E-state index contributed by atoms with van der Waals surface area (Å²) in [6.45, 7) is 6.26. The van der Waals surface area contributed by atoms with E-state index in [2.05, 4.69) is 49.3 Å². The fourth-order valence-corrected chi connectivity index (χ4v) is 2.93. The Labute approximate surface area is 116 Å². The van der Waals surface area contributed by atoms with Gasteiger partial charge in [-0.25, -0.2) is 0 Å². The predicted octanol–water partition coefficient (Wildman–Crippen LogP) is 2.51. The van der Waals surface area contributed by atoms with Crippen LogP contribution in [0.2, 0.25) is 0 Å². The van der Waals surface area contributed by atoms with Gasteiger partial charge in [0.2, 0.25) is 0 Å². The topological polar surface area (TPSA) is 24.5 Å². The van der Waals surface area contributed by atoms with Crippen LogP contribution >= 0.6 is 0 Å². The molecule has 1 aliphatic rings. The van der Waals surface area contributed by atoms with Crippen molar-refractivity contribution in [3.05, 3.63) is 29.3 Å². The smallest absolute Gasteiger partial charge is 0.0755 e. The standard InChI is InChI=1S/C16H26N2O/c1-12-5-8-16(13(2)9-12)18(4)11-15-7-6-14(19-15)10-17-3/h5,8-9,14-15,17H,6-7,10-11H2,1-4H3. The monoisotopic (exact) mass is 262 g/mol. The third-order valence-corrected chi connectivity index (χ3v) is 3.87. The van der Waals surface area contributed by atoms with E-state index in [0.29, 0.717) is 12.2 Å². The van der Waals surface area contributed by atoms with Crippen molar-refractivity contribution in [1.82, 2.24) is 5.32 Å². The number of nitrogens with one attached hydrogen (secondary N) is 1. The third-order valence-electron chi connectivity index (χ3n) is 3.87. The van der Waals surface area contributed by atoms with Crippen molar-refractivity contribution in [2.24, 2.45) is 0 Å². The zero-order valence-corrected chi connectivity index (χ0v) is 12.6. The van der Waals surface area contributed by atoms with Gasteiger partial charge in [0.15, 0.2) is 0 Å². The number of rotatable bonds is 5. The molecule has 3 nitrogen and oxygen atoms in total. The first-order chi connectivity index (χ1) is 9.10. The van der Waals surface area contributed by atoms with E-state index in [1.165, 1.54) is 29.7 Å². The fourth-order valence-electron chi connectivity index (χ4n) is 2.93. The molecule has 2 unspecified atom stereocenters. The molecule has 1 saturated heterocycles. The molecule has 1 aromatic carbocycles. The lowest BCUT2D eigenvalue weighted by atomic mass is 10.1. The molecule has 106 valence electrons. The van der Waals surface area contributed by atoms with Gasteiger partial charge in [-0.2, -0.15) is 0 Å². The van der Waals surface area contributed by atoms with Crippen molar-refractivity contribution in [2.75, 3.05) is 32.1 Å². The number of hydrogen-bond acceptors (Lipinski definition) is 3. The fraction of sp³-hybridized carbons (Fsp3) is 0.625. The van der Waals surface area contributed by atoms with Gasteiger partial charge in [0.1, 0.15) is 0 Å². The molecule has 19 heavy (non-hydrogen) atoms. The van der Waals surface area contributed by atoms with Gasteiger partial charge in [0.25, 0.3) is 0 Å². The average molecular weight is 262 g/mol. The molecule has 0 saturated carbocycles. The normalized spacial score (nSPS) is 22.7. The lowest BCUT2D eigenvalue weighted by Crippen LogP contribution is -2.31. The molecule has 1 N–H and O–H groups in total. The van der Waals surface area contributed by atoms with E-state index in [9.17, 15) is 0 Å². The molecular formula is C16H26N2O. The van der Waals surface area contributed by atoms with Gasteiger partial charge in [-0.05, 0) is 45.4 Å². The summed E-state index contributed by atoms with van der Waals surface area (Å²) in [4.78, 5) is 2.32. The van der Waals surface area contributed by atoms with Crippen molar-refractivity contribution in [1.29, 1.82) is 0 Å². The van der Waals surface area contributed by atoms with Gasteiger partial charge in [-0.3, -0.25) is 0 Å². The van der Waals surface area contributed by atoms with Crippen LogP contribution in [0.1, 0.15) is 24.0 Å². The Hall–Kier alpha value is -1.06. The van der Waals surface area contributed by atoms with Gasteiger partial charge >= 0.3 is 0 Å². The largest absolute Gasteiger partial charge is 0.372 e. The molecule has 0 amide bonds. The van der Waals surface area contributed by atoms with Crippen molar-refractivity contribution < 1.29 is 4.74 Å². The van der Waals surface area contributed by atoms with Crippen LogP contribution in [-0.2, 0) is 4.74 Å². The minimum atomic E-state index is 0.365. The molecule has 0 aliphatic carbocycles. The van der Waals surface area contributed by atoms with E-state index in [1.54, 1.807) is 0 Å². The molecule has 0 bridgehead atoms. The summed E-state index contributed by atoms with van der Waals surface area (Å²) in [7, 11) is 4.14. The number of hydrogen-bond donors (Lipinski definition) is 1. The first-order valence-electron chi connectivity index (χ1n) is 7.18. The van der Waals surface area contributed by atoms with Crippen molar-refractivity contribution in [2.45, 2.75) is 38.9 Å². The Kier molecular flexibility index (Phi) is 4.83. The van der Waals surface area contributed by atoms with E-state index in [1.807, 2.05) is 7.05 Å². The summed E-state index contributed by atoms with van der Waals surface area (Å²) in [5.74, 6) is 0. The highest BCUT2D eigenvalue weighted by Crippen LogP contribution is 2.24. The Morgan fingerprint density at radius 3 is 2.68 bits per heavy atom. The highest BCUT2D eigenvalue weighted by Gasteiger charge is 2.25.